The van der Waals surface area contributed by atoms with Gasteiger partial charge < -0.3 is 10.3 Å². The van der Waals surface area contributed by atoms with Gasteiger partial charge in [-0.15, -0.1) is 0 Å². The number of amides is 1. The van der Waals surface area contributed by atoms with Gasteiger partial charge in [0.1, 0.15) is 11.6 Å². The second kappa shape index (κ2) is 8.84. The van der Waals surface area contributed by atoms with Gasteiger partial charge in [0.2, 0.25) is 5.91 Å². The van der Waals surface area contributed by atoms with Crippen LogP contribution in [0.5, 0.6) is 0 Å². The number of nitrogens with zero attached hydrogens (tertiary/aromatic N) is 1. The standard InChI is InChI=1S/C25H26FN3O2/c1-15-3-4-16(2)19(13-15)14-27-24(30)18-7-11-21-22(12-8-18)28-23(29-25(21)31)17-5-9-20(26)10-6-17/h3-6,9-10,13,18H,7-8,11-12,14H2,1-2H3,(H,27,30)(H,28,29,31). The highest BCUT2D eigenvalue weighted by Crippen LogP contribution is 2.24. The molecule has 0 spiro atoms. The van der Waals surface area contributed by atoms with Crippen molar-refractivity contribution < 1.29 is 9.18 Å². The summed E-state index contributed by atoms with van der Waals surface area (Å²) in [6.07, 6.45) is 2.34. The van der Waals surface area contributed by atoms with Crippen molar-refractivity contribution in [1.29, 1.82) is 0 Å². The molecule has 1 aliphatic rings. The number of hydrogen-bond acceptors (Lipinski definition) is 3. The summed E-state index contributed by atoms with van der Waals surface area (Å²) in [5.74, 6) is -0.0472. The van der Waals surface area contributed by atoms with Crippen LogP contribution in [0.2, 0.25) is 0 Å². The molecule has 0 radical (unpaired) electrons. The van der Waals surface area contributed by atoms with Crippen LogP contribution < -0.4 is 10.9 Å². The maximum absolute atomic E-state index is 13.2. The van der Waals surface area contributed by atoms with Crippen LogP contribution in [0, 0.1) is 25.6 Å². The average Bonchev–Trinajstić information content (AvgIpc) is 2.98. The summed E-state index contributed by atoms with van der Waals surface area (Å²) >= 11 is 0. The lowest BCUT2D eigenvalue weighted by atomic mass is 9.98. The molecule has 3 aromatic rings. The number of nitrogens with one attached hydrogen (secondary N) is 2. The molecule has 1 amide bonds. The molecular formula is C25H26FN3O2. The molecule has 0 saturated heterocycles. The van der Waals surface area contributed by atoms with E-state index in [0.29, 0.717) is 49.2 Å². The predicted molar refractivity (Wildman–Crippen MR) is 118 cm³/mol. The normalized spacial score (nSPS) is 15.8. The summed E-state index contributed by atoms with van der Waals surface area (Å²) < 4.78 is 13.2. The molecule has 1 atom stereocenters. The highest BCUT2D eigenvalue weighted by Gasteiger charge is 2.25. The van der Waals surface area contributed by atoms with Crippen LogP contribution in [0.3, 0.4) is 0 Å². The molecule has 0 saturated carbocycles. The van der Waals surface area contributed by atoms with Crippen LogP contribution in [0.4, 0.5) is 4.39 Å². The number of aromatic nitrogens is 2. The highest BCUT2D eigenvalue weighted by atomic mass is 19.1. The number of benzene rings is 2. The molecule has 160 valence electrons. The Balaban J connectivity index is 1.46. The smallest absolute Gasteiger partial charge is 0.254 e. The van der Waals surface area contributed by atoms with E-state index in [1.54, 1.807) is 12.1 Å². The van der Waals surface area contributed by atoms with Crippen molar-refractivity contribution in [3.63, 3.8) is 0 Å². The number of carbonyl (C=O) groups excluding carboxylic acids is 1. The minimum atomic E-state index is -0.337. The third-order valence-corrected chi connectivity index (χ3v) is 6.02. The highest BCUT2D eigenvalue weighted by molar-refractivity contribution is 5.78. The molecule has 1 aromatic heterocycles. The van der Waals surface area contributed by atoms with Crippen molar-refractivity contribution in [2.45, 2.75) is 46.1 Å². The summed E-state index contributed by atoms with van der Waals surface area (Å²) in [7, 11) is 0. The molecule has 0 bridgehead atoms. The number of carbonyl (C=O) groups is 1. The minimum absolute atomic E-state index is 0.0175. The van der Waals surface area contributed by atoms with Gasteiger partial charge in [-0.2, -0.15) is 0 Å². The quantitative estimate of drug-likeness (QED) is 0.628. The first-order valence-corrected chi connectivity index (χ1v) is 10.6. The molecule has 2 N–H and O–H groups in total. The Bertz CT molecular complexity index is 1170. The first-order valence-electron chi connectivity index (χ1n) is 10.6. The number of aryl methyl sites for hydroxylation is 3. The number of hydrogen-bond donors (Lipinski definition) is 2. The third kappa shape index (κ3) is 4.74. The second-order valence-corrected chi connectivity index (χ2v) is 8.27. The SMILES string of the molecule is Cc1ccc(C)c(CNC(=O)C2CCc3nc(-c4ccc(F)cc4)[nH]c(=O)c3CC2)c1. The van der Waals surface area contributed by atoms with E-state index in [1.165, 1.54) is 17.7 Å². The maximum atomic E-state index is 13.2. The maximum Gasteiger partial charge on any atom is 0.254 e. The first kappa shape index (κ1) is 21.0. The Morgan fingerprint density at radius 2 is 1.87 bits per heavy atom. The summed E-state index contributed by atoms with van der Waals surface area (Å²) in [5.41, 5.74) is 5.30. The van der Waals surface area contributed by atoms with Crippen molar-refractivity contribution in [3.05, 3.63) is 86.6 Å². The van der Waals surface area contributed by atoms with E-state index < -0.39 is 0 Å². The third-order valence-electron chi connectivity index (χ3n) is 6.02. The number of aromatic amines is 1. The molecule has 2 aromatic carbocycles. The zero-order valence-electron chi connectivity index (χ0n) is 17.8. The van der Waals surface area contributed by atoms with Crippen LogP contribution in [0.25, 0.3) is 11.4 Å². The lowest BCUT2D eigenvalue weighted by molar-refractivity contribution is -0.125. The Hall–Kier alpha value is -3.28. The van der Waals surface area contributed by atoms with Crippen LogP contribution in [0.15, 0.2) is 47.3 Å². The van der Waals surface area contributed by atoms with Crippen molar-refractivity contribution in [3.8, 4) is 11.4 Å². The summed E-state index contributed by atoms with van der Waals surface area (Å²) in [4.78, 5) is 32.9. The van der Waals surface area contributed by atoms with Gasteiger partial charge in [-0.1, -0.05) is 23.8 Å². The number of H-pyrrole nitrogens is 1. The van der Waals surface area contributed by atoms with Gasteiger partial charge in [0.05, 0.1) is 5.69 Å². The monoisotopic (exact) mass is 419 g/mol. The van der Waals surface area contributed by atoms with Crippen LogP contribution in [-0.4, -0.2) is 15.9 Å². The largest absolute Gasteiger partial charge is 0.352 e. The number of halogens is 1. The fourth-order valence-electron chi connectivity index (χ4n) is 4.11. The van der Waals surface area contributed by atoms with E-state index in [-0.39, 0.29) is 23.2 Å². The second-order valence-electron chi connectivity index (χ2n) is 8.27. The number of rotatable bonds is 4. The van der Waals surface area contributed by atoms with Gasteiger partial charge in [0.25, 0.3) is 5.56 Å². The van der Waals surface area contributed by atoms with Gasteiger partial charge in [0.15, 0.2) is 0 Å². The minimum Gasteiger partial charge on any atom is -0.352 e. The molecule has 6 heteroatoms. The molecule has 4 rings (SSSR count). The topological polar surface area (TPSA) is 74.8 Å². The Morgan fingerprint density at radius 3 is 2.65 bits per heavy atom. The molecule has 1 heterocycles. The van der Waals surface area contributed by atoms with Crippen molar-refractivity contribution in [1.82, 2.24) is 15.3 Å². The molecular weight excluding hydrogens is 393 g/mol. The van der Waals surface area contributed by atoms with Crippen molar-refractivity contribution >= 4 is 5.91 Å². The van der Waals surface area contributed by atoms with E-state index in [4.69, 9.17) is 0 Å². The lowest BCUT2D eigenvalue weighted by Crippen LogP contribution is -2.30. The van der Waals surface area contributed by atoms with E-state index in [9.17, 15) is 14.0 Å². The molecule has 1 unspecified atom stereocenters. The van der Waals surface area contributed by atoms with Crippen LogP contribution in [-0.2, 0) is 24.2 Å². The van der Waals surface area contributed by atoms with E-state index in [2.05, 4.69) is 33.5 Å². The van der Waals surface area contributed by atoms with Gasteiger partial charge >= 0.3 is 0 Å². The van der Waals surface area contributed by atoms with Gasteiger partial charge in [0, 0.05) is 23.6 Å². The van der Waals surface area contributed by atoms with Crippen molar-refractivity contribution in [2.75, 3.05) is 0 Å². The Labute approximate surface area is 180 Å². The number of fused-ring (bicyclic) bond motifs is 1. The zero-order valence-corrected chi connectivity index (χ0v) is 17.8. The van der Waals surface area contributed by atoms with Gasteiger partial charge in [-0.3, -0.25) is 9.59 Å². The lowest BCUT2D eigenvalue weighted by Gasteiger charge is -2.15. The van der Waals surface area contributed by atoms with Crippen LogP contribution in [0.1, 0.15) is 40.8 Å². The Kier molecular flexibility index (Phi) is 5.98. The molecule has 0 aliphatic heterocycles. The fourth-order valence-corrected chi connectivity index (χ4v) is 4.11. The molecule has 5 nitrogen and oxygen atoms in total. The molecule has 31 heavy (non-hydrogen) atoms. The predicted octanol–water partition coefficient (Wildman–Crippen LogP) is 4.00. The summed E-state index contributed by atoms with van der Waals surface area (Å²) in [5, 5.41) is 3.07. The fraction of sp³-hybridized carbons (Fsp3) is 0.320. The first-order chi connectivity index (χ1) is 14.9. The van der Waals surface area contributed by atoms with E-state index >= 15 is 0 Å². The summed E-state index contributed by atoms with van der Waals surface area (Å²) in [6.45, 7) is 4.58. The van der Waals surface area contributed by atoms with Gasteiger partial charge in [-0.05, 0) is 74.9 Å². The van der Waals surface area contributed by atoms with Crippen LogP contribution >= 0.6 is 0 Å². The molecule has 1 aliphatic carbocycles. The summed E-state index contributed by atoms with van der Waals surface area (Å²) in [6, 6.07) is 12.1. The average molecular weight is 420 g/mol. The Morgan fingerprint density at radius 1 is 1.13 bits per heavy atom. The zero-order chi connectivity index (χ0) is 22.0. The van der Waals surface area contributed by atoms with Crippen molar-refractivity contribution in [2.24, 2.45) is 5.92 Å². The van der Waals surface area contributed by atoms with E-state index in [0.717, 1.165) is 16.8 Å². The van der Waals surface area contributed by atoms with Gasteiger partial charge in [-0.25, -0.2) is 9.37 Å². The molecule has 0 fully saturated rings. The van der Waals surface area contributed by atoms with E-state index in [1.807, 2.05) is 13.8 Å².